The van der Waals surface area contributed by atoms with Crippen molar-refractivity contribution in [1.82, 2.24) is 9.97 Å². The second kappa shape index (κ2) is 6.47. The van der Waals surface area contributed by atoms with Crippen LogP contribution in [0.1, 0.15) is 11.1 Å². The van der Waals surface area contributed by atoms with Gasteiger partial charge in [-0.3, -0.25) is 0 Å². The van der Waals surface area contributed by atoms with Crippen molar-refractivity contribution in [3.05, 3.63) is 72.2 Å². The van der Waals surface area contributed by atoms with Gasteiger partial charge in [0.2, 0.25) is 0 Å². The van der Waals surface area contributed by atoms with Gasteiger partial charge in [-0.25, -0.2) is 9.97 Å². The van der Waals surface area contributed by atoms with Crippen molar-refractivity contribution in [2.45, 2.75) is 13.2 Å². The summed E-state index contributed by atoms with van der Waals surface area (Å²) >= 11 is 0. The first-order valence-electron chi connectivity index (χ1n) is 7.02. The highest BCUT2D eigenvalue weighted by atomic mass is 16.3. The molecule has 1 heterocycles. The number of aliphatic hydroxyl groups excluding tert-OH is 2. The molecule has 0 aliphatic carbocycles. The van der Waals surface area contributed by atoms with E-state index in [0.29, 0.717) is 0 Å². The maximum absolute atomic E-state index is 9.14. The summed E-state index contributed by atoms with van der Waals surface area (Å²) in [6, 6.07) is 15.3. The average Bonchev–Trinajstić information content (AvgIpc) is 2.62. The topological polar surface area (TPSA) is 66.2 Å². The standard InChI is InChI=1S/C18H16N2O2/c21-10-13-1-5-15(6-2-13)17-9-19-12-20-18(17)16-7-3-14(11-22)4-8-16/h1-9,12,21-22H,10-11H2. The van der Waals surface area contributed by atoms with Gasteiger partial charge in [0.15, 0.2) is 0 Å². The Kier molecular flexibility index (Phi) is 4.23. The number of aromatic nitrogens is 2. The monoisotopic (exact) mass is 292 g/mol. The maximum atomic E-state index is 9.14. The minimum absolute atomic E-state index is 0.0273. The molecule has 0 aliphatic heterocycles. The molecule has 0 saturated carbocycles. The fourth-order valence-electron chi connectivity index (χ4n) is 2.33. The molecule has 0 amide bonds. The molecule has 0 fully saturated rings. The van der Waals surface area contributed by atoms with Crippen LogP contribution >= 0.6 is 0 Å². The summed E-state index contributed by atoms with van der Waals surface area (Å²) in [5.41, 5.74) is 5.49. The van der Waals surface area contributed by atoms with E-state index in [0.717, 1.165) is 33.5 Å². The third kappa shape index (κ3) is 2.88. The van der Waals surface area contributed by atoms with Crippen molar-refractivity contribution in [1.29, 1.82) is 0 Å². The summed E-state index contributed by atoms with van der Waals surface area (Å²) in [6.45, 7) is 0.0561. The van der Waals surface area contributed by atoms with Crippen LogP contribution in [0.3, 0.4) is 0 Å². The Hall–Kier alpha value is -2.56. The van der Waals surface area contributed by atoms with Gasteiger partial charge in [-0.2, -0.15) is 0 Å². The summed E-state index contributed by atoms with van der Waals surface area (Å²) in [7, 11) is 0. The van der Waals surface area contributed by atoms with E-state index >= 15 is 0 Å². The van der Waals surface area contributed by atoms with E-state index in [-0.39, 0.29) is 13.2 Å². The van der Waals surface area contributed by atoms with Crippen LogP contribution in [0.5, 0.6) is 0 Å². The lowest BCUT2D eigenvalue weighted by Gasteiger charge is -2.09. The van der Waals surface area contributed by atoms with Crippen molar-refractivity contribution in [2.24, 2.45) is 0 Å². The first-order valence-corrected chi connectivity index (χ1v) is 7.02. The Morgan fingerprint density at radius 1 is 0.727 bits per heavy atom. The molecule has 0 radical (unpaired) electrons. The molecule has 1 aromatic heterocycles. The highest BCUT2D eigenvalue weighted by Crippen LogP contribution is 2.29. The van der Waals surface area contributed by atoms with Crippen molar-refractivity contribution in [3.63, 3.8) is 0 Å². The van der Waals surface area contributed by atoms with Gasteiger partial charge in [-0.15, -0.1) is 0 Å². The van der Waals surface area contributed by atoms with Crippen molar-refractivity contribution >= 4 is 0 Å². The molecule has 0 atom stereocenters. The number of hydrogen-bond acceptors (Lipinski definition) is 4. The van der Waals surface area contributed by atoms with Crippen LogP contribution in [0.4, 0.5) is 0 Å². The first-order chi connectivity index (χ1) is 10.8. The second-order valence-electron chi connectivity index (χ2n) is 5.00. The molecule has 0 aliphatic rings. The van der Waals surface area contributed by atoms with Gasteiger partial charge in [0.05, 0.1) is 18.9 Å². The Labute approximate surface area is 128 Å². The lowest BCUT2D eigenvalue weighted by Crippen LogP contribution is -1.92. The Morgan fingerprint density at radius 3 is 1.82 bits per heavy atom. The molecule has 22 heavy (non-hydrogen) atoms. The SMILES string of the molecule is OCc1ccc(-c2cncnc2-c2ccc(CO)cc2)cc1. The van der Waals surface area contributed by atoms with Gasteiger partial charge in [-0.1, -0.05) is 48.5 Å². The molecule has 4 nitrogen and oxygen atoms in total. The molecule has 110 valence electrons. The summed E-state index contributed by atoms with van der Waals surface area (Å²) in [5, 5.41) is 18.3. The van der Waals surface area contributed by atoms with Crippen LogP contribution in [0, 0.1) is 0 Å². The fourth-order valence-corrected chi connectivity index (χ4v) is 2.33. The van der Waals surface area contributed by atoms with Crippen LogP contribution in [-0.2, 0) is 13.2 Å². The minimum Gasteiger partial charge on any atom is -0.392 e. The van der Waals surface area contributed by atoms with E-state index in [4.69, 9.17) is 10.2 Å². The predicted octanol–water partition coefficient (Wildman–Crippen LogP) is 2.80. The van der Waals surface area contributed by atoms with Gasteiger partial charge < -0.3 is 10.2 Å². The largest absolute Gasteiger partial charge is 0.392 e. The highest BCUT2D eigenvalue weighted by Gasteiger charge is 2.09. The zero-order valence-corrected chi connectivity index (χ0v) is 12.0. The molecular formula is C18H16N2O2. The van der Waals surface area contributed by atoms with Crippen molar-refractivity contribution in [3.8, 4) is 22.4 Å². The van der Waals surface area contributed by atoms with E-state index in [1.165, 1.54) is 6.33 Å². The predicted molar refractivity (Wildman–Crippen MR) is 84.7 cm³/mol. The quantitative estimate of drug-likeness (QED) is 0.776. The zero-order valence-electron chi connectivity index (χ0n) is 12.0. The van der Waals surface area contributed by atoms with Gasteiger partial charge in [0.1, 0.15) is 6.33 Å². The number of nitrogens with zero attached hydrogens (tertiary/aromatic N) is 2. The number of rotatable bonds is 4. The van der Waals surface area contributed by atoms with Crippen molar-refractivity contribution in [2.75, 3.05) is 0 Å². The first kappa shape index (κ1) is 14.4. The van der Waals surface area contributed by atoms with E-state index in [1.54, 1.807) is 6.20 Å². The summed E-state index contributed by atoms with van der Waals surface area (Å²) in [4.78, 5) is 8.52. The minimum atomic E-state index is 0.0273. The molecule has 0 bridgehead atoms. The Bertz CT molecular complexity index is 686. The zero-order chi connectivity index (χ0) is 15.4. The van der Waals surface area contributed by atoms with Crippen LogP contribution in [-0.4, -0.2) is 20.2 Å². The average molecular weight is 292 g/mol. The molecule has 2 aromatic carbocycles. The summed E-state index contributed by atoms with van der Waals surface area (Å²) < 4.78 is 0. The Balaban J connectivity index is 2.04. The Morgan fingerprint density at radius 2 is 1.27 bits per heavy atom. The van der Waals surface area contributed by atoms with Gasteiger partial charge in [0.25, 0.3) is 0 Å². The normalized spacial score (nSPS) is 10.6. The van der Waals surface area contributed by atoms with Crippen LogP contribution < -0.4 is 0 Å². The third-order valence-electron chi connectivity index (χ3n) is 3.57. The molecule has 2 N–H and O–H groups in total. The molecular weight excluding hydrogens is 276 g/mol. The number of benzene rings is 2. The van der Waals surface area contributed by atoms with E-state index in [2.05, 4.69) is 9.97 Å². The summed E-state index contributed by atoms with van der Waals surface area (Å²) in [6.07, 6.45) is 3.32. The number of hydrogen-bond donors (Lipinski definition) is 2. The molecule has 0 spiro atoms. The van der Waals surface area contributed by atoms with Gasteiger partial charge in [0, 0.05) is 17.3 Å². The fraction of sp³-hybridized carbons (Fsp3) is 0.111. The third-order valence-corrected chi connectivity index (χ3v) is 3.57. The van der Waals surface area contributed by atoms with Crippen LogP contribution in [0.2, 0.25) is 0 Å². The van der Waals surface area contributed by atoms with E-state index in [9.17, 15) is 0 Å². The lowest BCUT2D eigenvalue weighted by atomic mass is 9.99. The highest BCUT2D eigenvalue weighted by molar-refractivity contribution is 5.80. The lowest BCUT2D eigenvalue weighted by molar-refractivity contribution is 0.281. The summed E-state index contributed by atoms with van der Waals surface area (Å²) in [5.74, 6) is 0. The van der Waals surface area contributed by atoms with E-state index in [1.807, 2.05) is 48.5 Å². The molecule has 3 aromatic rings. The van der Waals surface area contributed by atoms with Gasteiger partial charge in [-0.05, 0) is 16.7 Å². The maximum Gasteiger partial charge on any atom is 0.116 e. The smallest absolute Gasteiger partial charge is 0.116 e. The van der Waals surface area contributed by atoms with Crippen molar-refractivity contribution < 1.29 is 10.2 Å². The molecule has 0 unspecified atom stereocenters. The molecule has 0 saturated heterocycles. The van der Waals surface area contributed by atoms with Crippen LogP contribution in [0.15, 0.2) is 61.1 Å². The van der Waals surface area contributed by atoms with Crippen LogP contribution in [0.25, 0.3) is 22.4 Å². The second-order valence-corrected chi connectivity index (χ2v) is 5.00. The molecule has 4 heteroatoms. The molecule has 3 rings (SSSR count). The number of aliphatic hydroxyl groups is 2. The van der Waals surface area contributed by atoms with E-state index < -0.39 is 0 Å². The van der Waals surface area contributed by atoms with Gasteiger partial charge >= 0.3 is 0 Å².